The van der Waals surface area contributed by atoms with Gasteiger partial charge in [-0.05, 0) is 43.3 Å². The standard InChI is InChI=1S/C13H17N3S/c1-9-12(10-4-2-6-14-8-10)15-16-13(9)11-5-3-7-17-11/h3,5,7,10,14H,2,4,6,8H2,1H3,(H,15,16). The van der Waals surface area contributed by atoms with Gasteiger partial charge in [-0.3, -0.25) is 5.10 Å². The summed E-state index contributed by atoms with van der Waals surface area (Å²) in [5.74, 6) is 0.602. The summed E-state index contributed by atoms with van der Waals surface area (Å²) < 4.78 is 0. The summed E-state index contributed by atoms with van der Waals surface area (Å²) >= 11 is 1.75. The minimum Gasteiger partial charge on any atom is -0.316 e. The maximum absolute atomic E-state index is 4.49. The second-order valence-corrected chi connectivity index (χ2v) is 5.58. The zero-order valence-electron chi connectivity index (χ0n) is 9.99. The van der Waals surface area contributed by atoms with E-state index in [4.69, 9.17) is 0 Å². The van der Waals surface area contributed by atoms with E-state index in [-0.39, 0.29) is 0 Å². The third kappa shape index (κ3) is 2.03. The zero-order chi connectivity index (χ0) is 11.7. The Bertz CT molecular complexity index is 481. The van der Waals surface area contributed by atoms with Crippen molar-refractivity contribution in [3.05, 3.63) is 28.8 Å². The summed E-state index contributed by atoms with van der Waals surface area (Å²) in [7, 11) is 0. The second kappa shape index (κ2) is 4.63. The summed E-state index contributed by atoms with van der Waals surface area (Å²) in [5.41, 5.74) is 3.77. The van der Waals surface area contributed by atoms with Crippen LogP contribution in [0.2, 0.25) is 0 Å². The Hall–Kier alpha value is -1.13. The van der Waals surface area contributed by atoms with E-state index in [0.717, 1.165) is 18.8 Å². The van der Waals surface area contributed by atoms with Crippen LogP contribution in [-0.2, 0) is 0 Å². The molecule has 1 fully saturated rings. The first-order chi connectivity index (χ1) is 8.36. The molecule has 3 rings (SSSR count). The molecule has 90 valence electrons. The lowest BCUT2D eigenvalue weighted by Gasteiger charge is -2.22. The Morgan fingerprint density at radius 1 is 1.47 bits per heavy atom. The molecule has 1 aliphatic heterocycles. The van der Waals surface area contributed by atoms with Crippen molar-refractivity contribution in [2.45, 2.75) is 25.7 Å². The lowest BCUT2D eigenvalue weighted by molar-refractivity contribution is 0.453. The van der Waals surface area contributed by atoms with E-state index in [0.29, 0.717) is 5.92 Å². The number of rotatable bonds is 2. The van der Waals surface area contributed by atoms with Crippen molar-refractivity contribution >= 4 is 11.3 Å². The van der Waals surface area contributed by atoms with E-state index in [2.05, 4.69) is 40.0 Å². The summed E-state index contributed by atoms with van der Waals surface area (Å²) in [6, 6.07) is 4.21. The lowest BCUT2D eigenvalue weighted by atomic mass is 9.93. The van der Waals surface area contributed by atoms with Crippen LogP contribution in [0.1, 0.15) is 30.0 Å². The van der Waals surface area contributed by atoms with Crippen molar-refractivity contribution in [2.24, 2.45) is 0 Å². The van der Waals surface area contributed by atoms with Crippen LogP contribution in [0.4, 0.5) is 0 Å². The number of nitrogens with one attached hydrogen (secondary N) is 2. The smallest absolute Gasteiger partial charge is 0.105 e. The molecule has 4 heteroatoms. The van der Waals surface area contributed by atoms with Gasteiger partial charge in [-0.15, -0.1) is 11.3 Å². The molecule has 0 bridgehead atoms. The number of nitrogens with zero attached hydrogens (tertiary/aromatic N) is 1. The van der Waals surface area contributed by atoms with E-state index < -0.39 is 0 Å². The average Bonchev–Trinajstić information content (AvgIpc) is 2.99. The van der Waals surface area contributed by atoms with Crippen molar-refractivity contribution in [2.75, 3.05) is 13.1 Å². The molecule has 0 amide bonds. The molecule has 17 heavy (non-hydrogen) atoms. The highest BCUT2D eigenvalue weighted by Gasteiger charge is 2.21. The highest BCUT2D eigenvalue weighted by Crippen LogP contribution is 2.32. The van der Waals surface area contributed by atoms with Crippen LogP contribution < -0.4 is 5.32 Å². The zero-order valence-corrected chi connectivity index (χ0v) is 10.8. The van der Waals surface area contributed by atoms with E-state index in [1.165, 1.54) is 29.0 Å². The largest absolute Gasteiger partial charge is 0.316 e. The number of thiophene rings is 1. The molecular weight excluding hydrogens is 230 g/mol. The number of aromatic nitrogens is 2. The predicted octanol–water partition coefficient (Wildman–Crippen LogP) is 2.91. The maximum atomic E-state index is 4.49. The van der Waals surface area contributed by atoms with Crippen LogP contribution in [-0.4, -0.2) is 23.3 Å². The second-order valence-electron chi connectivity index (χ2n) is 4.63. The van der Waals surface area contributed by atoms with E-state index >= 15 is 0 Å². The Balaban J connectivity index is 1.92. The molecular formula is C13H17N3S. The maximum Gasteiger partial charge on any atom is 0.105 e. The molecule has 1 aliphatic rings. The normalized spacial score (nSPS) is 20.6. The highest BCUT2D eigenvalue weighted by atomic mass is 32.1. The van der Waals surface area contributed by atoms with Crippen LogP contribution in [0.3, 0.4) is 0 Å². The molecule has 0 saturated carbocycles. The summed E-state index contributed by atoms with van der Waals surface area (Å²) in [6.07, 6.45) is 2.53. The van der Waals surface area contributed by atoms with E-state index in [1.807, 2.05) is 0 Å². The lowest BCUT2D eigenvalue weighted by Crippen LogP contribution is -2.28. The molecule has 1 saturated heterocycles. The molecule has 3 heterocycles. The third-order valence-electron chi connectivity index (χ3n) is 3.51. The monoisotopic (exact) mass is 247 g/mol. The fourth-order valence-electron chi connectivity index (χ4n) is 2.56. The Morgan fingerprint density at radius 3 is 3.12 bits per heavy atom. The predicted molar refractivity (Wildman–Crippen MR) is 71.5 cm³/mol. The van der Waals surface area contributed by atoms with Gasteiger partial charge in [-0.25, -0.2) is 0 Å². The first-order valence-electron chi connectivity index (χ1n) is 6.15. The minimum absolute atomic E-state index is 0.602. The van der Waals surface area contributed by atoms with Crippen LogP contribution in [0, 0.1) is 6.92 Å². The highest BCUT2D eigenvalue weighted by molar-refractivity contribution is 7.13. The van der Waals surface area contributed by atoms with Crippen molar-refractivity contribution in [3.8, 4) is 10.6 Å². The van der Waals surface area contributed by atoms with Crippen molar-refractivity contribution in [3.63, 3.8) is 0 Å². The fraction of sp³-hybridized carbons (Fsp3) is 0.462. The number of aromatic amines is 1. The molecule has 1 unspecified atom stereocenters. The van der Waals surface area contributed by atoms with Gasteiger partial charge in [0.2, 0.25) is 0 Å². The van der Waals surface area contributed by atoms with Gasteiger partial charge in [-0.2, -0.15) is 5.10 Å². The van der Waals surface area contributed by atoms with Gasteiger partial charge in [0.15, 0.2) is 0 Å². The first kappa shape index (κ1) is 11.0. The number of hydrogen-bond acceptors (Lipinski definition) is 3. The van der Waals surface area contributed by atoms with Gasteiger partial charge >= 0.3 is 0 Å². The van der Waals surface area contributed by atoms with Crippen LogP contribution in [0.5, 0.6) is 0 Å². The van der Waals surface area contributed by atoms with E-state index in [9.17, 15) is 0 Å². The minimum atomic E-state index is 0.602. The summed E-state index contributed by atoms with van der Waals surface area (Å²) in [5, 5.41) is 13.3. The van der Waals surface area contributed by atoms with E-state index in [1.54, 1.807) is 11.3 Å². The Morgan fingerprint density at radius 2 is 2.41 bits per heavy atom. The number of piperidine rings is 1. The Labute approximate surface area is 105 Å². The molecule has 0 spiro atoms. The molecule has 2 N–H and O–H groups in total. The molecule has 3 nitrogen and oxygen atoms in total. The van der Waals surface area contributed by atoms with Crippen molar-refractivity contribution < 1.29 is 0 Å². The first-order valence-corrected chi connectivity index (χ1v) is 7.03. The van der Waals surface area contributed by atoms with Crippen LogP contribution in [0.25, 0.3) is 10.6 Å². The van der Waals surface area contributed by atoms with Crippen molar-refractivity contribution in [1.29, 1.82) is 0 Å². The van der Waals surface area contributed by atoms with Gasteiger partial charge in [-0.1, -0.05) is 6.07 Å². The molecule has 2 aromatic heterocycles. The molecule has 0 aromatic carbocycles. The summed E-state index contributed by atoms with van der Waals surface area (Å²) in [6.45, 7) is 4.41. The van der Waals surface area contributed by atoms with Gasteiger partial charge in [0.25, 0.3) is 0 Å². The molecule has 2 aromatic rings. The SMILES string of the molecule is Cc1c(-c2cccs2)n[nH]c1C1CCCNC1. The van der Waals surface area contributed by atoms with Crippen LogP contribution >= 0.6 is 11.3 Å². The molecule has 1 atom stereocenters. The number of hydrogen-bond donors (Lipinski definition) is 2. The van der Waals surface area contributed by atoms with Gasteiger partial charge < -0.3 is 5.32 Å². The topological polar surface area (TPSA) is 40.7 Å². The quantitative estimate of drug-likeness (QED) is 0.856. The number of H-pyrrole nitrogens is 1. The third-order valence-corrected chi connectivity index (χ3v) is 4.38. The van der Waals surface area contributed by atoms with Gasteiger partial charge in [0.1, 0.15) is 5.69 Å². The Kier molecular flexibility index (Phi) is 2.99. The van der Waals surface area contributed by atoms with Gasteiger partial charge in [0.05, 0.1) is 4.88 Å². The summed E-state index contributed by atoms with van der Waals surface area (Å²) in [4.78, 5) is 1.26. The molecule has 0 radical (unpaired) electrons. The van der Waals surface area contributed by atoms with Crippen LogP contribution in [0.15, 0.2) is 17.5 Å². The average molecular weight is 247 g/mol. The fourth-order valence-corrected chi connectivity index (χ4v) is 3.33. The van der Waals surface area contributed by atoms with Gasteiger partial charge in [0, 0.05) is 18.2 Å². The van der Waals surface area contributed by atoms with Crippen molar-refractivity contribution in [1.82, 2.24) is 15.5 Å². The molecule has 0 aliphatic carbocycles.